The Morgan fingerprint density at radius 2 is 1.16 bits per heavy atom. The van der Waals surface area contributed by atoms with Crippen LogP contribution in [0.5, 0.6) is 0 Å². The smallest absolute Gasteiger partial charge is 0.296 e. The summed E-state index contributed by atoms with van der Waals surface area (Å²) in [6.07, 6.45) is 0. The van der Waals surface area contributed by atoms with Crippen molar-refractivity contribution in [2.45, 2.75) is 36.6 Å². The molecule has 0 spiro atoms. The van der Waals surface area contributed by atoms with Crippen LogP contribution in [0.3, 0.4) is 0 Å². The van der Waals surface area contributed by atoms with Gasteiger partial charge in [-0.1, -0.05) is 12.1 Å². The van der Waals surface area contributed by atoms with E-state index >= 15 is 0 Å². The fourth-order valence-electron chi connectivity index (χ4n) is 5.04. The molecule has 0 aliphatic carbocycles. The van der Waals surface area contributed by atoms with Gasteiger partial charge in [0.15, 0.2) is 5.78 Å². The summed E-state index contributed by atoms with van der Waals surface area (Å²) in [7, 11) is -8.91. The lowest BCUT2D eigenvalue weighted by atomic mass is 10.2. The number of Topliss-reactive ketones (excluding diaryl/α,β-unsaturated/α-hetero) is 1. The van der Waals surface area contributed by atoms with E-state index in [-0.39, 0.29) is 9.79 Å². The van der Waals surface area contributed by atoms with Gasteiger partial charge in [0, 0.05) is 16.8 Å². The molecule has 2 heterocycles. The number of aryl methyl sites for hydroxylation is 2. The van der Waals surface area contributed by atoms with E-state index in [1.807, 2.05) is 0 Å². The molecule has 1 amide bonds. The summed E-state index contributed by atoms with van der Waals surface area (Å²) in [5.41, 5.74) is 3.67. The molecule has 13 nitrogen and oxygen atoms in total. The fraction of sp³-hybridized carbons (Fsp3) is 0.125. The highest BCUT2D eigenvalue weighted by molar-refractivity contribution is 7.86. The third kappa shape index (κ3) is 7.03. The predicted molar refractivity (Wildman–Crippen MR) is 187 cm³/mol. The predicted octanol–water partition coefficient (Wildman–Crippen LogP) is 7.03. The van der Waals surface area contributed by atoms with Crippen molar-refractivity contribution in [1.29, 1.82) is 0 Å². The van der Waals surface area contributed by atoms with Gasteiger partial charge in [-0.3, -0.25) is 18.7 Å². The first-order chi connectivity index (χ1) is 23.1. The third-order valence-corrected chi connectivity index (χ3v) is 12.0. The Morgan fingerprint density at radius 3 is 1.59 bits per heavy atom. The second kappa shape index (κ2) is 12.9. The number of benzene rings is 4. The molecule has 0 aliphatic rings. The minimum atomic E-state index is -4.46. The quantitative estimate of drug-likeness (QED) is 0.0785. The standard InChI is InChI=1S/C32H25N5O8S4/c1-16-4-14-23-26(28(16)48(40,41)42)46-31(34-23)19-6-10-21(11-7-19)33-30(39)25(18(3)38)37-36-22-12-8-20(9-13-22)32-35-24-15-5-17(2)29(27(24)47-32)49(43,44)45/h4-15,25H,1-3H3,(H,33,39)(H,40,41,42)(H,43,44,45). The Labute approximate surface area is 287 Å². The lowest BCUT2D eigenvalue weighted by Crippen LogP contribution is -2.31. The first-order valence-electron chi connectivity index (χ1n) is 14.3. The van der Waals surface area contributed by atoms with Gasteiger partial charge in [-0.05, 0) is 92.6 Å². The van der Waals surface area contributed by atoms with Crippen LogP contribution in [0.1, 0.15) is 18.1 Å². The number of nitrogens with one attached hydrogen (secondary N) is 1. The minimum Gasteiger partial charge on any atom is -0.324 e. The molecule has 250 valence electrons. The highest BCUT2D eigenvalue weighted by Crippen LogP contribution is 2.37. The van der Waals surface area contributed by atoms with Crippen LogP contribution in [0, 0.1) is 13.8 Å². The van der Waals surface area contributed by atoms with Crippen LogP contribution in [-0.4, -0.2) is 53.6 Å². The zero-order valence-corrected chi connectivity index (χ0v) is 29.0. The first kappa shape index (κ1) is 34.1. The van der Waals surface area contributed by atoms with Gasteiger partial charge >= 0.3 is 0 Å². The highest BCUT2D eigenvalue weighted by atomic mass is 32.2. The molecule has 0 aliphatic heterocycles. The molecule has 6 rings (SSSR count). The second-order valence-corrected chi connectivity index (χ2v) is 15.7. The van der Waals surface area contributed by atoms with E-state index in [9.17, 15) is 35.5 Å². The summed E-state index contributed by atoms with van der Waals surface area (Å²) >= 11 is 2.23. The summed E-state index contributed by atoms with van der Waals surface area (Å²) in [6.45, 7) is 4.40. The molecule has 0 bridgehead atoms. The second-order valence-electron chi connectivity index (χ2n) is 10.9. The molecule has 6 aromatic rings. The number of hydrogen-bond donors (Lipinski definition) is 3. The van der Waals surface area contributed by atoms with E-state index < -0.39 is 38.0 Å². The lowest BCUT2D eigenvalue weighted by Gasteiger charge is -2.10. The van der Waals surface area contributed by atoms with E-state index in [1.165, 1.54) is 6.92 Å². The van der Waals surface area contributed by atoms with Gasteiger partial charge in [0.1, 0.15) is 19.8 Å². The van der Waals surface area contributed by atoms with Crippen LogP contribution in [0.4, 0.5) is 11.4 Å². The maximum Gasteiger partial charge on any atom is 0.296 e. The number of thiazole rings is 2. The maximum absolute atomic E-state index is 13.0. The Balaban J connectivity index is 1.16. The number of azo groups is 1. The van der Waals surface area contributed by atoms with Crippen molar-refractivity contribution < 1.29 is 35.5 Å². The van der Waals surface area contributed by atoms with Crippen molar-refractivity contribution in [3.8, 4) is 21.1 Å². The third-order valence-electron chi connectivity index (χ3n) is 7.37. The largest absolute Gasteiger partial charge is 0.324 e. The van der Waals surface area contributed by atoms with Crippen molar-refractivity contribution in [2.24, 2.45) is 10.2 Å². The van der Waals surface area contributed by atoms with Crippen molar-refractivity contribution in [3.05, 3.63) is 83.9 Å². The van der Waals surface area contributed by atoms with Crippen LogP contribution in [0.25, 0.3) is 41.6 Å². The van der Waals surface area contributed by atoms with Crippen LogP contribution >= 0.6 is 22.7 Å². The van der Waals surface area contributed by atoms with E-state index in [2.05, 4.69) is 25.5 Å². The number of fused-ring (bicyclic) bond motifs is 2. The SMILES string of the molecule is CC(=O)C(N=Nc1ccc(-c2nc3ccc(C)c(S(=O)(=O)O)c3s2)cc1)C(=O)Nc1ccc(-c2nc3ccc(C)c(S(=O)(=O)O)c3s2)cc1. The number of aromatic nitrogens is 2. The lowest BCUT2D eigenvalue weighted by molar-refractivity contribution is -0.126. The van der Waals surface area contributed by atoms with Gasteiger partial charge in [-0.15, -0.1) is 22.7 Å². The average Bonchev–Trinajstić information content (AvgIpc) is 3.65. The molecule has 49 heavy (non-hydrogen) atoms. The Hall–Kier alpha value is -4.78. The molecule has 0 saturated heterocycles. The minimum absolute atomic E-state index is 0.177. The number of ketones is 1. The Morgan fingerprint density at radius 1 is 0.714 bits per heavy atom. The van der Waals surface area contributed by atoms with E-state index in [0.717, 1.165) is 22.7 Å². The number of amides is 1. The normalized spacial score (nSPS) is 12.9. The summed E-state index contributed by atoms with van der Waals surface area (Å²) in [6, 6.07) is 18.2. The summed E-state index contributed by atoms with van der Waals surface area (Å²) < 4.78 is 67.9. The van der Waals surface area contributed by atoms with E-state index in [0.29, 0.717) is 64.1 Å². The number of nitrogens with zero attached hydrogens (tertiary/aromatic N) is 4. The zero-order chi connectivity index (χ0) is 35.2. The van der Waals surface area contributed by atoms with Crippen molar-refractivity contribution in [3.63, 3.8) is 0 Å². The molecule has 0 fully saturated rings. The number of hydrogen-bond acceptors (Lipinski definition) is 12. The highest BCUT2D eigenvalue weighted by Gasteiger charge is 2.24. The monoisotopic (exact) mass is 735 g/mol. The van der Waals surface area contributed by atoms with Gasteiger partial charge in [-0.25, -0.2) is 9.97 Å². The van der Waals surface area contributed by atoms with E-state index in [1.54, 1.807) is 86.6 Å². The molecular formula is C32H25N5O8S4. The summed E-state index contributed by atoms with van der Waals surface area (Å²) in [5.74, 6) is -1.23. The van der Waals surface area contributed by atoms with Crippen molar-refractivity contribution in [2.75, 3.05) is 5.32 Å². The van der Waals surface area contributed by atoms with Crippen LogP contribution in [0.2, 0.25) is 0 Å². The zero-order valence-electron chi connectivity index (χ0n) is 25.8. The maximum atomic E-state index is 13.0. The molecule has 0 radical (unpaired) electrons. The van der Waals surface area contributed by atoms with Gasteiger partial charge in [0.05, 0.1) is 26.1 Å². The summed E-state index contributed by atoms with van der Waals surface area (Å²) in [5, 5.41) is 11.7. The number of carbonyl (C=O) groups excluding carboxylic acids is 2. The van der Waals surface area contributed by atoms with Crippen LogP contribution in [-0.2, 0) is 29.8 Å². The van der Waals surface area contributed by atoms with Gasteiger partial charge < -0.3 is 5.32 Å². The Kier molecular flexibility index (Phi) is 8.99. The number of rotatable bonds is 9. The molecule has 3 N–H and O–H groups in total. The van der Waals surface area contributed by atoms with Crippen molar-refractivity contribution in [1.82, 2.24) is 9.97 Å². The Bertz CT molecular complexity index is 2540. The topological polar surface area (TPSA) is 205 Å². The first-order valence-corrected chi connectivity index (χ1v) is 18.8. The van der Waals surface area contributed by atoms with E-state index in [4.69, 9.17) is 0 Å². The number of anilines is 1. The number of carbonyl (C=O) groups is 2. The van der Waals surface area contributed by atoms with Crippen LogP contribution in [0.15, 0.2) is 92.8 Å². The molecule has 17 heteroatoms. The van der Waals surface area contributed by atoms with Gasteiger partial charge in [0.2, 0.25) is 6.04 Å². The van der Waals surface area contributed by atoms with Crippen LogP contribution < -0.4 is 5.32 Å². The molecule has 1 unspecified atom stereocenters. The molecule has 0 saturated carbocycles. The molecule has 4 aromatic carbocycles. The average molecular weight is 736 g/mol. The molecule has 1 atom stereocenters. The molecular weight excluding hydrogens is 711 g/mol. The molecule has 2 aromatic heterocycles. The fourth-order valence-corrected chi connectivity index (χ4v) is 9.68. The van der Waals surface area contributed by atoms with Gasteiger partial charge in [-0.2, -0.15) is 27.1 Å². The van der Waals surface area contributed by atoms with Crippen molar-refractivity contribution >= 4 is 86.4 Å². The summed E-state index contributed by atoms with van der Waals surface area (Å²) in [4.78, 5) is 34.0. The van der Waals surface area contributed by atoms with Gasteiger partial charge in [0.25, 0.3) is 26.1 Å².